The number of rotatable bonds is 3. The van der Waals surface area contributed by atoms with Crippen molar-refractivity contribution >= 4 is 33.9 Å². The molecule has 0 aliphatic carbocycles. The van der Waals surface area contributed by atoms with Gasteiger partial charge >= 0.3 is 5.43 Å². The van der Waals surface area contributed by atoms with E-state index in [4.69, 9.17) is 21.5 Å². The fourth-order valence-corrected chi connectivity index (χ4v) is 1.06. The van der Waals surface area contributed by atoms with Crippen LogP contribution < -0.4 is 0 Å². The number of carbonyl (C=O) groups excluding carboxylic acids is 1. The molecule has 0 aromatic heterocycles. The number of carboxylic acid groups (broad SMARTS) is 1. The normalized spacial score (nSPS) is 8.62. The maximum atomic E-state index is 10.7. The summed E-state index contributed by atoms with van der Waals surface area (Å²) in [4.78, 5) is 19.4. The van der Waals surface area contributed by atoms with Gasteiger partial charge < -0.3 is 5.11 Å². The second kappa shape index (κ2) is 7.91. The number of hydrogen-bond donors (Lipinski definition) is 1. The van der Waals surface area contributed by atoms with Crippen LogP contribution in [0.1, 0.15) is 15.9 Å². The number of hydrogen-bond acceptors (Lipinski definition) is 2. The molecule has 1 N–H and O–H groups in total. The minimum absolute atomic E-state index is 0.417. The van der Waals surface area contributed by atoms with Gasteiger partial charge in [0.1, 0.15) is 0 Å². The highest BCUT2D eigenvalue weighted by atomic mass is 35.5. The van der Waals surface area contributed by atoms with Crippen LogP contribution in [-0.4, -0.2) is 15.8 Å². The van der Waals surface area contributed by atoms with Gasteiger partial charge in [0.25, 0.3) is 5.24 Å². The Labute approximate surface area is 103 Å². The number of carbonyl (C=O) groups is 2. The van der Waals surface area contributed by atoms with Crippen LogP contribution in [0.5, 0.6) is 0 Å². The van der Waals surface area contributed by atoms with Crippen molar-refractivity contribution in [3.8, 4) is 0 Å². The van der Waals surface area contributed by atoms with Gasteiger partial charge in [-0.25, -0.2) is 4.79 Å². The number of benzene rings is 1. The first-order valence-electron chi connectivity index (χ1n) is 4.25. The first-order chi connectivity index (χ1) is 7.47. The minimum atomic E-state index is -1.36. The molecule has 0 unspecified atom stereocenters. The summed E-state index contributed by atoms with van der Waals surface area (Å²) in [6.45, 7) is 3.62. The SMILES string of the molecule is C=CCc1ccc(C(=O)Cl)cc1.O=C(O)Cl. The smallest absolute Gasteiger partial charge is 0.401 e. The fraction of sp³-hybridized carbons (Fsp3) is 0.0909. The Morgan fingerprint density at radius 3 is 2.00 bits per heavy atom. The van der Waals surface area contributed by atoms with Crippen LogP contribution in [0.15, 0.2) is 36.9 Å². The molecule has 0 radical (unpaired) electrons. The van der Waals surface area contributed by atoms with Crippen molar-refractivity contribution in [1.29, 1.82) is 0 Å². The first kappa shape index (κ1) is 14.7. The van der Waals surface area contributed by atoms with Gasteiger partial charge in [0.15, 0.2) is 0 Å². The van der Waals surface area contributed by atoms with Crippen molar-refractivity contribution in [2.45, 2.75) is 6.42 Å². The third kappa shape index (κ3) is 7.04. The van der Waals surface area contributed by atoms with E-state index in [1.807, 2.05) is 18.2 Å². The second-order valence-corrected chi connectivity index (χ2v) is 3.38. The van der Waals surface area contributed by atoms with E-state index in [9.17, 15) is 4.79 Å². The average Bonchev–Trinajstić information content (AvgIpc) is 2.18. The molecule has 0 fully saturated rings. The quantitative estimate of drug-likeness (QED) is 0.666. The summed E-state index contributed by atoms with van der Waals surface area (Å²) in [5.41, 5.74) is 0.302. The molecule has 0 bridgehead atoms. The van der Waals surface area contributed by atoms with E-state index < -0.39 is 10.7 Å². The van der Waals surface area contributed by atoms with E-state index in [1.165, 1.54) is 0 Å². The van der Waals surface area contributed by atoms with Crippen LogP contribution in [0.4, 0.5) is 4.79 Å². The molecule has 0 amide bonds. The van der Waals surface area contributed by atoms with Crippen LogP contribution in [0.25, 0.3) is 0 Å². The second-order valence-electron chi connectivity index (χ2n) is 2.72. The van der Waals surface area contributed by atoms with E-state index in [0.717, 1.165) is 12.0 Å². The average molecular weight is 261 g/mol. The molecule has 0 saturated heterocycles. The van der Waals surface area contributed by atoms with Crippen molar-refractivity contribution in [1.82, 2.24) is 0 Å². The zero-order chi connectivity index (χ0) is 12.6. The third-order valence-electron chi connectivity index (χ3n) is 1.56. The van der Waals surface area contributed by atoms with Gasteiger partial charge in [-0.2, -0.15) is 0 Å². The van der Waals surface area contributed by atoms with Crippen LogP contribution >= 0.6 is 23.2 Å². The molecule has 1 aromatic carbocycles. The van der Waals surface area contributed by atoms with Crippen LogP contribution in [0.2, 0.25) is 0 Å². The monoisotopic (exact) mass is 260 g/mol. The summed E-state index contributed by atoms with van der Waals surface area (Å²) in [6, 6.07) is 7.18. The molecule has 0 heterocycles. The molecule has 16 heavy (non-hydrogen) atoms. The van der Waals surface area contributed by atoms with E-state index in [2.05, 4.69) is 18.2 Å². The van der Waals surface area contributed by atoms with E-state index in [-0.39, 0.29) is 0 Å². The van der Waals surface area contributed by atoms with Gasteiger partial charge in [-0.15, -0.1) is 6.58 Å². The van der Waals surface area contributed by atoms with E-state index in [0.29, 0.717) is 5.56 Å². The molecule has 0 saturated carbocycles. The minimum Gasteiger partial charge on any atom is -0.469 e. The van der Waals surface area contributed by atoms with Gasteiger partial charge in [0.05, 0.1) is 0 Å². The fourth-order valence-electron chi connectivity index (χ4n) is 0.939. The third-order valence-corrected chi connectivity index (χ3v) is 1.78. The molecule has 1 aromatic rings. The molecule has 5 heteroatoms. The Kier molecular flexibility index (Phi) is 7.25. The Morgan fingerprint density at radius 2 is 1.69 bits per heavy atom. The largest absolute Gasteiger partial charge is 0.469 e. The van der Waals surface area contributed by atoms with Crippen molar-refractivity contribution in [2.24, 2.45) is 0 Å². The topological polar surface area (TPSA) is 54.4 Å². The molecular formula is C11H10Cl2O3. The predicted octanol–water partition coefficient (Wildman–Crippen LogP) is 3.70. The highest BCUT2D eigenvalue weighted by Gasteiger charge is 1.99. The van der Waals surface area contributed by atoms with Crippen LogP contribution in [0.3, 0.4) is 0 Å². The lowest BCUT2D eigenvalue weighted by atomic mass is 10.1. The zero-order valence-electron chi connectivity index (χ0n) is 8.32. The molecule has 0 atom stereocenters. The summed E-state index contributed by atoms with van der Waals surface area (Å²) in [7, 11) is 0. The Bertz CT molecular complexity index is 367. The number of allylic oxidation sites excluding steroid dienone is 1. The Hall–Kier alpha value is -1.32. The molecule has 0 aliphatic rings. The lowest BCUT2D eigenvalue weighted by Gasteiger charge is -1.96. The summed E-state index contributed by atoms with van der Waals surface area (Å²) < 4.78 is 0. The molecular weight excluding hydrogens is 251 g/mol. The molecule has 3 nitrogen and oxygen atoms in total. The summed E-state index contributed by atoms with van der Waals surface area (Å²) in [5.74, 6) is 0. The highest BCUT2D eigenvalue weighted by molar-refractivity contribution is 6.67. The van der Waals surface area contributed by atoms with Gasteiger partial charge in [-0.05, 0) is 35.7 Å². The van der Waals surface area contributed by atoms with Crippen molar-refractivity contribution < 1.29 is 14.7 Å². The maximum absolute atomic E-state index is 10.7. The van der Waals surface area contributed by atoms with Gasteiger partial charge in [-0.3, -0.25) is 4.79 Å². The van der Waals surface area contributed by atoms with E-state index >= 15 is 0 Å². The zero-order valence-corrected chi connectivity index (χ0v) is 9.83. The molecule has 0 spiro atoms. The predicted molar refractivity (Wildman–Crippen MR) is 64.4 cm³/mol. The van der Waals surface area contributed by atoms with Crippen molar-refractivity contribution in [3.05, 3.63) is 48.0 Å². The van der Waals surface area contributed by atoms with Crippen LogP contribution in [0, 0.1) is 0 Å². The summed E-state index contributed by atoms with van der Waals surface area (Å²) >= 11 is 9.46. The molecule has 1 rings (SSSR count). The van der Waals surface area contributed by atoms with Crippen molar-refractivity contribution in [3.63, 3.8) is 0 Å². The van der Waals surface area contributed by atoms with E-state index in [1.54, 1.807) is 12.1 Å². The summed E-state index contributed by atoms with van der Waals surface area (Å²) in [6.07, 6.45) is 2.63. The van der Waals surface area contributed by atoms with Gasteiger partial charge in [0.2, 0.25) is 0 Å². The summed E-state index contributed by atoms with van der Waals surface area (Å²) in [5, 5.41) is 6.77. The highest BCUT2D eigenvalue weighted by Crippen LogP contribution is 2.07. The standard InChI is InChI=1S/C10H9ClO.CHClO2/c1-2-3-8-4-6-9(7-5-8)10(11)12;2-1(3)4/h2,4-7H,1,3H2;(H,3,4). The lowest BCUT2D eigenvalue weighted by Crippen LogP contribution is -1.88. The molecule has 0 aliphatic heterocycles. The Morgan fingerprint density at radius 1 is 1.25 bits per heavy atom. The number of halogens is 2. The van der Waals surface area contributed by atoms with Gasteiger partial charge in [0, 0.05) is 17.2 Å². The Balaban J connectivity index is 0.000000487. The van der Waals surface area contributed by atoms with Crippen LogP contribution in [-0.2, 0) is 6.42 Å². The van der Waals surface area contributed by atoms with Crippen molar-refractivity contribution in [2.75, 3.05) is 0 Å². The first-order valence-corrected chi connectivity index (χ1v) is 5.01. The molecule has 86 valence electrons. The van der Waals surface area contributed by atoms with Gasteiger partial charge in [-0.1, -0.05) is 18.2 Å². The maximum Gasteiger partial charge on any atom is 0.401 e. The lowest BCUT2D eigenvalue weighted by molar-refractivity contribution is 0.108.